The summed E-state index contributed by atoms with van der Waals surface area (Å²) >= 11 is 1.04. The number of benzene rings is 1. The van der Waals surface area contributed by atoms with Gasteiger partial charge >= 0.3 is 11.9 Å². The molecule has 1 N–H and O–H groups in total. The fourth-order valence-electron chi connectivity index (χ4n) is 2.48. The maximum absolute atomic E-state index is 12.9. The number of fused-ring (bicyclic) bond motifs is 1. The lowest BCUT2D eigenvalue weighted by Crippen LogP contribution is -2.29. The average molecular weight is 408 g/mol. The summed E-state index contributed by atoms with van der Waals surface area (Å²) in [6, 6.07) is 4.45. The molecule has 1 aromatic heterocycles. The lowest BCUT2D eigenvalue weighted by Gasteiger charge is -2.19. The Labute approximate surface area is 166 Å². The molecule has 0 fully saturated rings. The summed E-state index contributed by atoms with van der Waals surface area (Å²) < 4.78 is 11.3. The zero-order valence-corrected chi connectivity index (χ0v) is 17.3. The van der Waals surface area contributed by atoms with E-state index in [0.717, 1.165) is 11.8 Å². The van der Waals surface area contributed by atoms with Crippen LogP contribution >= 0.6 is 11.8 Å². The number of carbonyl (C=O) groups is 2. The van der Waals surface area contributed by atoms with Crippen LogP contribution in [0.4, 0.5) is 0 Å². The summed E-state index contributed by atoms with van der Waals surface area (Å²) in [5, 5.41) is 10.3. The van der Waals surface area contributed by atoms with Crippen LogP contribution in [-0.2, 0) is 20.8 Å². The number of aliphatic hydroxyl groups is 1. The molecule has 0 saturated heterocycles. The Morgan fingerprint density at radius 2 is 2.00 bits per heavy atom. The van der Waals surface area contributed by atoms with Crippen molar-refractivity contribution in [3.63, 3.8) is 0 Å². The van der Waals surface area contributed by atoms with E-state index in [-0.39, 0.29) is 28.6 Å². The zero-order valence-electron chi connectivity index (χ0n) is 16.5. The average Bonchev–Trinajstić information content (AvgIpc) is 2.59. The van der Waals surface area contributed by atoms with Crippen LogP contribution in [0, 0.1) is 0 Å². The topological polar surface area (TPSA) is 108 Å². The van der Waals surface area contributed by atoms with Crippen LogP contribution in [0.25, 0.3) is 10.9 Å². The normalized spacial score (nSPS) is 12.6. The SMILES string of the molecule is COC(=O)c1ccc2c(=O)n(C[C@@H](C)O)c(SCC(=O)OC(C)(C)C)nc2c1. The van der Waals surface area contributed by atoms with E-state index in [9.17, 15) is 19.5 Å². The number of esters is 2. The minimum atomic E-state index is -0.785. The largest absolute Gasteiger partial charge is 0.465 e. The second kappa shape index (κ2) is 8.74. The Morgan fingerprint density at radius 3 is 2.57 bits per heavy atom. The third-order valence-electron chi connectivity index (χ3n) is 3.53. The number of nitrogens with zero attached hydrogens (tertiary/aromatic N) is 2. The quantitative estimate of drug-likeness (QED) is 0.439. The van der Waals surface area contributed by atoms with Crippen LogP contribution in [0.3, 0.4) is 0 Å². The monoisotopic (exact) mass is 408 g/mol. The van der Waals surface area contributed by atoms with Crippen LogP contribution in [0.15, 0.2) is 28.2 Å². The first kappa shape index (κ1) is 21.9. The van der Waals surface area contributed by atoms with Crippen LogP contribution in [0.1, 0.15) is 38.1 Å². The summed E-state index contributed by atoms with van der Waals surface area (Å²) in [7, 11) is 1.27. The Morgan fingerprint density at radius 1 is 1.32 bits per heavy atom. The molecule has 28 heavy (non-hydrogen) atoms. The molecule has 1 heterocycles. The summed E-state index contributed by atoms with van der Waals surface area (Å²) in [4.78, 5) is 41.1. The minimum Gasteiger partial charge on any atom is -0.465 e. The Balaban J connectivity index is 2.46. The second-order valence-electron chi connectivity index (χ2n) is 7.26. The highest BCUT2D eigenvalue weighted by atomic mass is 32.2. The summed E-state index contributed by atoms with van der Waals surface area (Å²) in [6.07, 6.45) is -0.785. The van der Waals surface area contributed by atoms with E-state index in [2.05, 4.69) is 4.98 Å². The van der Waals surface area contributed by atoms with E-state index in [1.807, 2.05) is 0 Å². The Bertz CT molecular complexity index is 946. The number of aliphatic hydroxyl groups excluding tert-OH is 1. The van der Waals surface area contributed by atoms with Gasteiger partial charge in [0, 0.05) is 0 Å². The van der Waals surface area contributed by atoms with Gasteiger partial charge in [-0.25, -0.2) is 9.78 Å². The number of ether oxygens (including phenoxy) is 2. The Hall–Kier alpha value is -2.39. The first-order valence-corrected chi connectivity index (χ1v) is 9.66. The molecule has 0 radical (unpaired) electrons. The highest BCUT2D eigenvalue weighted by Crippen LogP contribution is 2.21. The van der Waals surface area contributed by atoms with Crippen molar-refractivity contribution in [2.24, 2.45) is 0 Å². The van der Waals surface area contributed by atoms with Crippen molar-refractivity contribution < 1.29 is 24.2 Å². The van der Waals surface area contributed by atoms with Gasteiger partial charge in [0.25, 0.3) is 5.56 Å². The van der Waals surface area contributed by atoms with E-state index in [1.165, 1.54) is 29.9 Å². The van der Waals surface area contributed by atoms with Crippen LogP contribution in [0.2, 0.25) is 0 Å². The van der Waals surface area contributed by atoms with Gasteiger partial charge in [-0.15, -0.1) is 0 Å². The smallest absolute Gasteiger partial charge is 0.337 e. The lowest BCUT2D eigenvalue weighted by atomic mass is 10.1. The molecule has 9 heteroatoms. The predicted molar refractivity (Wildman–Crippen MR) is 106 cm³/mol. The second-order valence-corrected chi connectivity index (χ2v) is 8.20. The number of rotatable bonds is 6. The maximum Gasteiger partial charge on any atom is 0.337 e. The van der Waals surface area contributed by atoms with Crippen LogP contribution in [0.5, 0.6) is 0 Å². The molecular weight excluding hydrogens is 384 g/mol. The minimum absolute atomic E-state index is 0.0250. The molecule has 1 aromatic carbocycles. The molecule has 0 saturated carbocycles. The van der Waals surface area contributed by atoms with Gasteiger partial charge in [0.1, 0.15) is 5.60 Å². The molecular formula is C19H24N2O6S. The van der Waals surface area contributed by atoms with Crippen molar-refractivity contribution in [2.45, 2.75) is 51.1 Å². The number of hydrogen-bond donors (Lipinski definition) is 1. The summed E-state index contributed by atoms with van der Waals surface area (Å²) in [5.74, 6) is -1.04. The van der Waals surface area contributed by atoms with Crippen molar-refractivity contribution in [2.75, 3.05) is 12.9 Å². The van der Waals surface area contributed by atoms with Crippen molar-refractivity contribution >= 4 is 34.6 Å². The van der Waals surface area contributed by atoms with E-state index < -0.39 is 23.6 Å². The van der Waals surface area contributed by atoms with Gasteiger partial charge in [-0.2, -0.15) is 0 Å². The van der Waals surface area contributed by atoms with E-state index in [0.29, 0.717) is 10.9 Å². The molecule has 0 unspecified atom stereocenters. The van der Waals surface area contributed by atoms with Gasteiger partial charge < -0.3 is 14.6 Å². The predicted octanol–water partition coefficient (Wildman–Crippen LogP) is 2.00. The first-order valence-electron chi connectivity index (χ1n) is 8.67. The molecule has 2 aromatic rings. The summed E-state index contributed by atoms with van der Waals surface area (Å²) in [5.41, 5.74) is -0.419. The molecule has 0 aliphatic carbocycles. The third kappa shape index (κ3) is 5.56. The van der Waals surface area contributed by atoms with Crippen molar-refractivity contribution in [3.05, 3.63) is 34.1 Å². The molecule has 152 valence electrons. The van der Waals surface area contributed by atoms with E-state index in [4.69, 9.17) is 9.47 Å². The maximum atomic E-state index is 12.9. The van der Waals surface area contributed by atoms with Gasteiger partial charge in [0.2, 0.25) is 0 Å². The standard InChI is InChI=1S/C19H24N2O6S/c1-11(22)9-21-16(24)13-7-6-12(17(25)26-5)8-14(13)20-18(21)28-10-15(23)27-19(2,3)4/h6-8,11,22H,9-10H2,1-5H3/t11-/m1/s1. The number of carbonyl (C=O) groups excluding carboxylic acids is 2. The fourth-order valence-corrected chi connectivity index (χ4v) is 3.26. The highest BCUT2D eigenvalue weighted by Gasteiger charge is 2.19. The molecule has 2 rings (SSSR count). The van der Waals surface area contributed by atoms with Gasteiger partial charge in [-0.05, 0) is 45.9 Å². The number of methoxy groups -OCH3 is 1. The molecule has 0 aliphatic rings. The molecule has 8 nitrogen and oxygen atoms in total. The number of hydrogen-bond acceptors (Lipinski definition) is 8. The van der Waals surface area contributed by atoms with E-state index in [1.54, 1.807) is 27.7 Å². The van der Waals surface area contributed by atoms with E-state index >= 15 is 0 Å². The first-order chi connectivity index (χ1) is 13.0. The zero-order chi connectivity index (χ0) is 21.1. The van der Waals surface area contributed by atoms with Crippen LogP contribution < -0.4 is 5.56 Å². The Kier molecular flexibility index (Phi) is 6.84. The molecule has 0 aliphatic heterocycles. The van der Waals surface area contributed by atoms with Gasteiger partial charge in [-0.1, -0.05) is 11.8 Å². The summed E-state index contributed by atoms with van der Waals surface area (Å²) in [6.45, 7) is 6.88. The van der Waals surface area contributed by atoms with Gasteiger partial charge in [0.15, 0.2) is 5.16 Å². The molecule has 0 amide bonds. The van der Waals surface area contributed by atoms with Crippen LogP contribution in [-0.4, -0.2) is 51.2 Å². The number of thioether (sulfide) groups is 1. The van der Waals surface area contributed by atoms with Crippen molar-refractivity contribution in [1.29, 1.82) is 0 Å². The van der Waals surface area contributed by atoms with Gasteiger partial charge in [0.05, 0.1) is 42.0 Å². The van der Waals surface area contributed by atoms with Crippen molar-refractivity contribution in [3.8, 4) is 0 Å². The van der Waals surface area contributed by atoms with Crippen molar-refractivity contribution in [1.82, 2.24) is 9.55 Å². The van der Waals surface area contributed by atoms with Gasteiger partial charge in [-0.3, -0.25) is 14.2 Å². The highest BCUT2D eigenvalue weighted by molar-refractivity contribution is 7.99. The molecule has 0 spiro atoms. The molecule has 0 bridgehead atoms. The molecule has 1 atom stereocenters. The third-order valence-corrected chi connectivity index (χ3v) is 4.48. The fraction of sp³-hybridized carbons (Fsp3) is 0.474. The lowest BCUT2D eigenvalue weighted by molar-refractivity contribution is -0.151. The number of aromatic nitrogens is 2.